The van der Waals surface area contributed by atoms with Crippen LogP contribution in [0.1, 0.15) is 367 Å². The van der Waals surface area contributed by atoms with Gasteiger partial charge in [-0.05, 0) is 44.9 Å². The number of unbranched alkanes of at least 4 members (excludes halogenated alkanes) is 47. The van der Waals surface area contributed by atoms with Crippen molar-refractivity contribution in [2.24, 2.45) is 0 Å². The maximum Gasteiger partial charge on any atom is 0.306 e. The topological polar surface area (TPSA) is 78.9 Å². The zero-order chi connectivity index (χ0) is 51.4. The minimum absolute atomic E-state index is 0.0637. The van der Waals surface area contributed by atoms with Crippen molar-refractivity contribution < 1.29 is 28.6 Å². The van der Waals surface area contributed by atoms with Crippen LogP contribution in [0.5, 0.6) is 0 Å². The first-order valence-corrected chi connectivity index (χ1v) is 32.2. The minimum atomic E-state index is -0.766. The van der Waals surface area contributed by atoms with E-state index in [1.165, 1.54) is 270 Å². The molecular weight excluding hydrogens is 877 g/mol. The van der Waals surface area contributed by atoms with Crippen LogP contribution in [0.3, 0.4) is 0 Å². The molecule has 0 aliphatic heterocycles. The fourth-order valence-electron chi connectivity index (χ4n) is 9.91. The van der Waals surface area contributed by atoms with Gasteiger partial charge in [0.25, 0.3) is 0 Å². The van der Waals surface area contributed by atoms with Crippen molar-refractivity contribution in [3.05, 3.63) is 12.2 Å². The lowest BCUT2D eigenvalue weighted by atomic mass is 10.0. The quantitative estimate of drug-likeness (QED) is 0.0261. The van der Waals surface area contributed by atoms with Crippen LogP contribution in [0, 0.1) is 0 Å². The highest BCUT2D eigenvalue weighted by Gasteiger charge is 2.19. The Hall–Kier alpha value is -1.85. The van der Waals surface area contributed by atoms with Crippen LogP contribution >= 0.6 is 0 Å². The van der Waals surface area contributed by atoms with Crippen LogP contribution in [-0.2, 0) is 28.6 Å². The smallest absolute Gasteiger partial charge is 0.306 e. The van der Waals surface area contributed by atoms with Crippen molar-refractivity contribution in [3.63, 3.8) is 0 Å². The second kappa shape index (κ2) is 60.7. The number of carbonyl (C=O) groups is 3. The molecule has 0 radical (unpaired) electrons. The Kier molecular flexibility index (Phi) is 59.1. The predicted molar refractivity (Wildman–Crippen MR) is 307 cm³/mol. The molecule has 1 atom stereocenters. The molecule has 0 fully saturated rings. The van der Waals surface area contributed by atoms with Crippen molar-refractivity contribution in [3.8, 4) is 0 Å². The molecule has 0 saturated heterocycles. The van der Waals surface area contributed by atoms with Crippen molar-refractivity contribution >= 4 is 17.9 Å². The van der Waals surface area contributed by atoms with E-state index in [-0.39, 0.29) is 31.1 Å². The molecule has 0 amide bonds. The summed E-state index contributed by atoms with van der Waals surface area (Å²) >= 11 is 0. The van der Waals surface area contributed by atoms with Gasteiger partial charge in [0.05, 0.1) is 0 Å². The Morgan fingerprint density at radius 1 is 0.268 bits per heavy atom. The van der Waals surface area contributed by atoms with E-state index < -0.39 is 6.10 Å². The number of carbonyl (C=O) groups excluding carboxylic acids is 3. The zero-order valence-corrected chi connectivity index (χ0v) is 48.3. The number of esters is 3. The lowest BCUT2D eigenvalue weighted by molar-refractivity contribution is -0.167. The van der Waals surface area contributed by atoms with Gasteiger partial charge in [-0.1, -0.05) is 315 Å². The standard InChI is InChI=1S/C65H124O6/c1-4-7-10-13-16-19-22-25-28-31-33-35-37-40-43-46-49-52-55-58-64(67)70-61-62(60-69-63(66)57-54-51-48-45-42-39-36-30-27-24-21-18-15-12-9-6-3)71-65(68)59-56-53-50-47-44-41-38-34-32-29-26-23-20-17-14-11-8-5-2/h25,28,62H,4-24,26-27,29-61H2,1-3H3/b28-25-. The fourth-order valence-corrected chi connectivity index (χ4v) is 9.91. The molecule has 0 aliphatic carbocycles. The number of hydrogen-bond donors (Lipinski definition) is 0. The molecule has 0 aliphatic rings. The summed E-state index contributed by atoms with van der Waals surface area (Å²) in [7, 11) is 0. The van der Waals surface area contributed by atoms with Crippen LogP contribution in [0.2, 0.25) is 0 Å². The van der Waals surface area contributed by atoms with Crippen LogP contribution in [0.15, 0.2) is 12.2 Å². The van der Waals surface area contributed by atoms with Crippen molar-refractivity contribution in [2.45, 2.75) is 374 Å². The number of allylic oxidation sites excluding steroid dienone is 2. The van der Waals surface area contributed by atoms with Gasteiger partial charge in [0.15, 0.2) is 6.10 Å². The van der Waals surface area contributed by atoms with Gasteiger partial charge in [-0.3, -0.25) is 14.4 Å². The Bertz CT molecular complexity index is 1100. The van der Waals surface area contributed by atoms with Crippen LogP contribution in [0.25, 0.3) is 0 Å². The third-order valence-electron chi connectivity index (χ3n) is 14.8. The average Bonchev–Trinajstić information content (AvgIpc) is 3.37. The largest absolute Gasteiger partial charge is 0.462 e. The van der Waals surface area contributed by atoms with Gasteiger partial charge in [-0.25, -0.2) is 0 Å². The van der Waals surface area contributed by atoms with Gasteiger partial charge in [-0.2, -0.15) is 0 Å². The summed E-state index contributed by atoms with van der Waals surface area (Å²) in [5, 5.41) is 0. The highest BCUT2D eigenvalue weighted by Crippen LogP contribution is 2.18. The Morgan fingerprint density at radius 3 is 0.704 bits per heavy atom. The maximum atomic E-state index is 12.9. The van der Waals surface area contributed by atoms with Gasteiger partial charge in [0, 0.05) is 19.3 Å². The van der Waals surface area contributed by atoms with Crippen LogP contribution in [0.4, 0.5) is 0 Å². The molecule has 71 heavy (non-hydrogen) atoms. The Morgan fingerprint density at radius 2 is 0.465 bits per heavy atom. The summed E-state index contributed by atoms with van der Waals surface area (Å²) in [4.78, 5) is 38.3. The molecule has 0 spiro atoms. The molecule has 6 heteroatoms. The van der Waals surface area contributed by atoms with Gasteiger partial charge < -0.3 is 14.2 Å². The molecule has 420 valence electrons. The van der Waals surface area contributed by atoms with Crippen LogP contribution in [-0.4, -0.2) is 37.2 Å². The molecule has 0 aromatic rings. The Balaban J connectivity index is 4.30. The first-order chi connectivity index (χ1) is 35.0. The van der Waals surface area contributed by atoms with E-state index >= 15 is 0 Å². The third kappa shape index (κ3) is 58.9. The van der Waals surface area contributed by atoms with Crippen molar-refractivity contribution in [1.82, 2.24) is 0 Å². The van der Waals surface area contributed by atoms with E-state index in [0.29, 0.717) is 19.3 Å². The molecule has 0 saturated carbocycles. The summed E-state index contributed by atoms with van der Waals surface area (Å²) in [5.74, 6) is -0.834. The summed E-state index contributed by atoms with van der Waals surface area (Å²) in [5.41, 5.74) is 0. The molecule has 0 aromatic heterocycles. The highest BCUT2D eigenvalue weighted by molar-refractivity contribution is 5.71. The summed E-state index contributed by atoms with van der Waals surface area (Å²) < 4.78 is 17.0. The lowest BCUT2D eigenvalue weighted by Crippen LogP contribution is -2.30. The van der Waals surface area contributed by atoms with Crippen LogP contribution < -0.4 is 0 Å². The molecule has 6 nitrogen and oxygen atoms in total. The zero-order valence-electron chi connectivity index (χ0n) is 48.3. The van der Waals surface area contributed by atoms with E-state index in [4.69, 9.17) is 14.2 Å². The summed E-state index contributed by atoms with van der Waals surface area (Å²) in [6.45, 7) is 6.72. The van der Waals surface area contributed by atoms with Gasteiger partial charge in [0.2, 0.25) is 0 Å². The SMILES string of the molecule is CCCCCCCC/C=C\CCCCCCCCCCCC(=O)OCC(COC(=O)CCCCCCCCCCCCCCCCCC)OC(=O)CCCCCCCCCCCCCCCCCCCC. The second-order valence-electron chi connectivity index (χ2n) is 22.0. The van der Waals surface area contributed by atoms with Gasteiger partial charge in [-0.15, -0.1) is 0 Å². The number of ether oxygens (including phenoxy) is 3. The number of hydrogen-bond acceptors (Lipinski definition) is 6. The second-order valence-corrected chi connectivity index (χ2v) is 22.0. The van der Waals surface area contributed by atoms with E-state index in [1.807, 2.05) is 0 Å². The molecule has 0 aromatic carbocycles. The van der Waals surface area contributed by atoms with Crippen molar-refractivity contribution in [2.75, 3.05) is 13.2 Å². The molecule has 0 heterocycles. The summed E-state index contributed by atoms with van der Waals surface area (Å²) in [6.07, 6.45) is 70.7. The first-order valence-electron chi connectivity index (χ1n) is 32.2. The highest BCUT2D eigenvalue weighted by atomic mass is 16.6. The molecular formula is C65H124O6. The van der Waals surface area contributed by atoms with E-state index in [9.17, 15) is 14.4 Å². The van der Waals surface area contributed by atoms with E-state index in [2.05, 4.69) is 32.9 Å². The maximum absolute atomic E-state index is 12.9. The monoisotopic (exact) mass is 1000 g/mol. The minimum Gasteiger partial charge on any atom is -0.462 e. The predicted octanol–water partition coefficient (Wildman–Crippen LogP) is 21.7. The molecule has 1 unspecified atom stereocenters. The number of rotatable bonds is 60. The third-order valence-corrected chi connectivity index (χ3v) is 14.8. The molecule has 0 N–H and O–H groups in total. The lowest BCUT2D eigenvalue weighted by Gasteiger charge is -2.18. The van der Waals surface area contributed by atoms with Crippen molar-refractivity contribution in [1.29, 1.82) is 0 Å². The first kappa shape index (κ1) is 69.2. The van der Waals surface area contributed by atoms with E-state index in [0.717, 1.165) is 57.8 Å². The molecule has 0 rings (SSSR count). The van der Waals surface area contributed by atoms with Gasteiger partial charge >= 0.3 is 17.9 Å². The normalized spacial score (nSPS) is 12.0. The Labute approximate surface area is 443 Å². The van der Waals surface area contributed by atoms with E-state index in [1.54, 1.807) is 0 Å². The van der Waals surface area contributed by atoms with Gasteiger partial charge in [0.1, 0.15) is 13.2 Å². The fraction of sp³-hybridized carbons (Fsp3) is 0.923. The molecule has 0 bridgehead atoms. The summed E-state index contributed by atoms with van der Waals surface area (Å²) in [6, 6.07) is 0. The average molecular weight is 1000 g/mol.